The van der Waals surface area contributed by atoms with Crippen LogP contribution >= 0.6 is 0 Å². The molecule has 2 heterocycles. The average molecular weight is 316 g/mol. The number of nitrogens with one attached hydrogen (secondary N) is 1. The SMILES string of the molecule is CCCCN(C)C(=O)c1nc(C(=O)NCCC)n2ccccc12. The second-order valence-electron chi connectivity index (χ2n) is 5.58. The molecule has 2 aromatic heterocycles. The summed E-state index contributed by atoms with van der Waals surface area (Å²) < 4.78 is 1.67. The molecule has 0 aliphatic heterocycles. The van der Waals surface area contributed by atoms with Crippen LogP contribution in [0.3, 0.4) is 0 Å². The molecular weight excluding hydrogens is 292 g/mol. The lowest BCUT2D eigenvalue weighted by Crippen LogP contribution is -2.28. The Labute approximate surface area is 136 Å². The summed E-state index contributed by atoms with van der Waals surface area (Å²) in [5.74, 6) is -0.165. The highest BCUT2D eigenvalue weighted by Crippen LogP contribution is 2.15. The quantitative estimate of drug-likeness (QED) is 0.852. The number of pyridine rings is 1. The molecule has 0 radical (unpaired) electrons. The maximum atomic E-state index is 12.6. The van der Waals surface area contributed by atoms with Crippen molar-refractivity contribution < 1.29 is 9.59 Å². The van der Waals surface area contributed by atoms with Crippen LogP contribution in [0.5, 0.6) is 0 Å². The van der Waals surface area contributed by atoms with Gasteiger partial charge in [-0.2, -0.15) is 0 Å². The van der Waals surface area contributed by atoms with Gasteiger partial charge in [0.1, 0.15) is 0 Å². The van der Waals surface area contributed by atoms with Gasteiger partial charge in [-0.05, 0) is 25.0 Å². The van der Waals surface area contributed by atoms with Gasteiger partial charge in [0, 0.05) is 26.3 Å². The van der Waals surface area contributed by atoms with E-state index >= 15 is 0 Å². The Bertz CT molecular complexity index is 693. The van der Waals surface area contributed by atoms with Gasteiger partial charge in [0.2, 0.25) is 5.82 Å². The van der Waals surface area contributed by atoms with Crippen LogP contribution in [-0.4, -0.2) is 46.2 Å². The van der Waals surface area contributed by atoms with E-state index in [4.69, 9.17) is 0 Å². The smallest absolute Gasteiger partial charge is 0.287 e. The highest BCUT2D eigenvalue weighted by molar-refractivity contribution is 6.02. The molecule has 2 rings (SSSR count). The normalized spacial score (nSPS) is 10.7. The zero-order valence-corrected chi connectivity index (χ0v) is 14.0. The third kappa shape index (κ3) is 3.70. The van der Waals surface area contributed by atoms with E-state index in [1.807, 2.05) is 25.1 Å². The molecule has 1 N–H and O–H groups in total. The number of fused-ring (bicyclic) bond motifs is 1. The topological polar surface area (TPSA) is 66.7 Å². The van der Waals surface area contributed by atoms with Crippen LogP contribution in [0.25, 0.3) is 5.52 Å². The van der Waals surface area contributed by atoms with Crippen LogP contribution in [0.15, 0.2) is 24.4 Å². The molecule has 0 saturated heterocycles. The van der Waals surface area contributed by atoms with E-state index in [0.717, 1.165) is 19.3 Å². The lowest BCUT2D eigenvalue weighted by molar-refractivity contribution is 0.0790. The van der Waals surface area contributed by atoms with Crippen molar-refractivity contribution in [1.29, 1.82) is 0 Å². The number of carbonyl (C=O) groups excluding carboxylic acids is 2. The molecule has 0 bridgehead atoms. The van der Waals surface area contributed by atoms with Crippen molar-refractivity contribution in [1.82, 2.24) is 19.6 Å². The molecule has 0 aliphatic carbocycles. The Morgan fingerprint density at radius 2 is 2.04 bits per heavy atom. The van der Waals surface area contributed by atoms with Gasteiger partial charge in [0.15, 0.2) is 5.69 Å². The number of unbranched alkanes of at least 4 members (excludes halogenated alkanes) is 1. The van der Waals surface area contributed by atoms with Gasteiger partial charge in [0.25, 0.3) is 11.8 Å². The van der Waals surface area contributed by atoms with Gasteiger partial charge in [-0.25, -0.2) is 4.98 Å². The highest BCUT2D eigenvalue weighted by atomic mass is 16.2. The fraction of sp³-hybridized carbons (Fsp3) is 0.471. The summed E-state index contributed by atoms with van der Waals surface area (Å²) >= 11 is 0. The Hall–Kier alpha value is -2.37. The number of amides is 2. The maximum Gasteiger partial charge on any atom is 0.287 e. The highest BCUT2D eigenvalue weighted by Gasteiger charge is 2.23. The summed E-state index contributed by atoms with van der Waals surface area (Å²) in [6, 6.07) is 5.47. The molecule has 6 nitrogen and oxygen atoms in total. The molecule has 0 unspecified atom stereocenters. The monoisotopic (exact) mass is 316 g/mol. The number of aromatic nitrogens is 2. The van der Waals surface area contributed by atoms with E-state index in [1.54, 1.807) is 22.5 Å². The van der Waals surface area contributed by atoms with Gasteiger partial charge in [-0.15, -0.1) is 0 Å². The number of hydrogen-bond acceptors (Lipinski definition) is 3. The minimum absolute atomic E-state index is 0.156. The molecule has 124 valence electrons. The molecule has 0 fully saturated rings. The number of carbonyl (C=O) groups is 2. The average Bonchev–Trinajstić information content (AvgIpc) is 2.96. The molecule has 0 saturated carbocycles. The second-order valence-corrected chi connectivity index (χ2v) is 5.58. The maximum absolute atomic E-state index is 12.6. The van der Waals surface area contributed by atoms with Crippen LogP contribution in [0.2, 0.25) is 0 Å². The van der Waals surface area contributed by atoms with Crippen LogP contribution in [-0.2, 0) is 0 Å². The lowest BCUT2D eigenvalue weighted by Gasteiger charge is -2.15. The largest absolute Gasteiger partial charge is 0.349 e. The predicted molar refractivity (Wildman–Crippen MR) is 89.7 cm³/mol. The number of imidazole rings is 1. The minimum atomic E-state index is -0.261. The molecular formula is C17H24N4O2. The summed E-state index contributed by atoms with van der Waals surface area (Å²) in [6.07, 6.45) is 4.57. The van der Waals surface area contributed by atoms with Gasteiger partial charge in [0.05, 0.1) is 5.52 Å². The van der Waals surface area contributed by atoms with Crippen molar-refractivity contribution in [2.75, 3.05) is 20.1 Å². The molecule has 0 aromatic carbocycles. The fourth-order valence-corrected chi connectivity index (χ4v) is 2.35. The van der Waals surface area contributed by atoms with Crippen molar-refractivity contribution in [3.8, 4) is 0 Å². The third-order valence-electron chi connectivity index (χ3n) is 3.68. The summed E-state index contributed by atoms with van der Waals surface area (Å²) in [7, 11) is 1.77. The number of rotatable bonds is 7. The number of nitrogens with zero attached hydrogens (tertiary/aromatic N) is 3. The van der Waals surface area contributed by atoms with Crippen LogP contribution in [0.1, 0.15) is 54.2 Å². The Kier molecular flexibility index (Phi) is 5.73. The van der Waals surface area contributed by atoms with E-state index < -0.39 is 0 Å². The first-order chi connectivity index (χ1) is 11.1. The Balaban J connectivity index is 2.37. The predicted octanol–water partition coefficient (Wildman–Crippen LogP) is 2.35. The van der Waals surface area contributed by atoms with Crippen molar-refractivity contribution in [3.05, 3.63) is 35.9 Å². The summed E-state index contributed by atoms with van der Waals surface area (Å²) in [4.78, 5) is 30.9. The first-order valence-electron chi connectivity index (χ1n) is 8.10. The van der Waals surface area contributed by atoms with Gasteiger partial charge in [-0.3, -0.25) is 14.0 Å². The molecule has 2 aromatic rings. The first-order valence-corrected chi connectivity index (χ1v) is 8.10. The summed E-state index contributed by atoms with van der Waals surface area (Å²) in [6.45, 7) is 5.33. The van der Waals surface area contributed by atoms with Gasteiger partial charge >= 0.3 is 0 Å². The van der Waals surface area contributed by atoms with E-state index in [9.17, 15) is 9.59 Å². The van der Waals surface area contributed by atoms with Crippen LogP contribution in [0.4, 0.5) is 0 Å². The van der Waals surface area contributed by atoms with E-state index in [0.29, 0.717) is 24.3 Å². The van der Waals surface area contributed by atoms with Crippen LogP contribution in [0, 0.1) is 0 Å². The summed E-state index contributed by atoms with van der Waals surface area (Å²) in [5.41, 5.74) is 0.980. The summed E-state index contributed by atoms with van der Waals surface area (Å²) in [5, 5.41) is 2.81. The minimum Gasteiger partial charge on any atom is -0.349 e. The molecule has 6 heteroatoms. The Morgan fingerprint density at radius 3 is 2.74 bits per heavy atom. The van der Waals surface area contributed by atoms with E-state index in [1.165, 1.54) is 0 Å². The third-order valence-corrected chi connectivity index (χ3v) is 3.68. The van der Waals surface area contributed by atoms with E-state index in [2.05, 4.69) is 17.2 Å². The number of hydrogen-bond donors (Lipinski definition) is 1. The van der Waals surface area contributed by atoms with Crippen molar-refractivity contribution in [2.45, 2.75) is 33.1 Å². The van der Waals surface area contributed by atoms with Crippen molar-refractivity contribution in [3.63, 3.8) is 0 Å². The zero-order valence-electron chi connectivity index (χ0n) is 14.0. The van der Waals surface area contributed by atoms with Crippen molar-refractivity contribution in [2.24, 2.45) is 0 Å². The molecule has 2 amide bonds. The lowest BCUT2D eigenvalue weighted by atomic mass is 10.2. The molecule has 23 heavy (non-hydrogen) atoms. The van der Waals surface area contributed by atoms with E-state index in [-0.39, 0.29) is 17.6 Å². The van der Waals surface area contributed by atoms with Gasteiger partial charge < -0.3 is 10.2 Å². The molecule has 0 atom stereocenters. The zero-order chi connectivity index (χ0) is 16.8. The second kappa shape index (κ2) is 7.76. The first kappa shape index (κ1) is 17.0. The molecule has 0 aliphatic rings. The van der Waals surface area contributed by atoms with Crippen LogP contribution < -0.4 is 5.32 Å². The Morgan fingerprint density at radius 1 is 1.26 bits per heavy atom. The fourth-order valence-electron chi connectivity index (χ4n) is 2.35. The standard InChI is InChI=1S/C17H24N4O2/c1-4-6-11-20(3)17(23)14-13-9-7-8-12-21(13)15(19-14)16(22)18-10-5-2/h7-9,12H,4-6,10-11H2,1-3H3,(H,18,22). The van der Waals surface area contributed by atoms with Crippen molar-refractivity contribution >= 4 is 17.3 Å². The molecule has 0 spiro atoms. The van der Waals surface area contributed by atoms with Gasteiger partial charge in [-0.1, -0.05) is 26.3 Å².